The van der Waals surface area contributed by atoms with Crippen LogP contribution in [0.5, 0.6) is 0 Å². The van der Waals surface area contributed by atoms with Crippen molar-refractivity contribution in [3.8, 4) is 0 Å². The van der Waals surface area contributed by atoms with Crippen molar-refractivity contribution in [3.05, 3.63) is 82.1 Å². The van der Waals surface area contributed by atoms with Crippen molar-refractivity contribution >= 4 is 68.3 Å². The first-order valence-electron chi connectivity index (χ1n) is 13.0. The van der Waals surface area contributed by atoms with Crippen molar-refractivity contribution in [1.29, 1.82) is 0 Å². The second-order valence-electron chi connectivity index (χ2n) is 9.35. The molecule has 1 aliphatic heterocycles. The van der Waals surface area contributed by atoms with Crippen molar-refractivity contribution in [2.75, 3.05) is 23.7 Å². The zero-order valence-corrected chi connectivity index (χ0v) is 25.9. The molecule has 13 nitrogen and oxygen atoms in total. The Morgan fingerprint density at radius 3 is 2.22 bits per heavy atom. The fourth-order valence-corrected chi connectivity index (χ4v) is 6.04. The van der Waals surface area contributed by atoms with E-state index < -0.39 is 40.0 Å². The number of amides is 3. The molecule has 3 amide bonds. The molecule has 0 unspecified atom stereocenters. The minimum Gasteiger partial charge on any atom is -0.475 e. The van der Waals surface area contributed by atoms with Gasteiger partial charge in [-0.1, -0.05) is 35.3 Å². The molecule has 0 saturated carbocycles. The molecule has 1 fully saturated rings. The third-order valence-electron chi connectivity index (χ3n) is 6.11. The van der Waals surface area contributed by atoms with Crippen molar-refractivity contribution < 1.29 is 45.9 Å². The Labute approximate surface area is 269 Å². The van der Waals surface area contributed by atoms with Gasteiger partial charge in [0.15, 0.2) is 0 Å². The summed E-state index contributed by atoms with van der Waals surface area (Å²) >= 11 is 12.2. The number of alkyl halides is 3. The van der Waals surface area contributed by atoms with E-state index in [0.29, 0.717) is 12.1 Å². The Morgan fingerprint density at radius 1 is 1.04 bits per heavy atom. The molecule has 0 bridgehead atoms. The maximum absolute atomic E-state index is 13.1. The van der Waals surface area contributed by atoms with Crippen LogP contribution >= 0.6 is 23.2 Å². The molecule has 1 saturated heterocycles. The lowest BCUT2D eigenvalue weighted by atomic mass is 10.2. The fourth-order valence-electron chi connectivity index (χ4n) is 3.97. The number of carbonyl (C=O) groups excluding carboxylic acids is 3. The summed E-state index contributed by atoms with van der Waals surface area (Å²) in [5, 5.41) is 21.8. The number of hydrogen-bond acceptors (Lipinski definition) is 7. The van der Waals surface area contributed by atoms with Crippen LogP contribution in [-0.2, 0) is 19.6 Å². The number of rotatable bonds is 8. The Hall–Kier alpha value is -4.45. The number of aromatic nitrogens is 2. The molecule has 1 atom stereocenters. The molecule has 19 heteroatoms. The lowest BCUT2D eigenvalue weighted by Crippen LogP contribution is -2.39. The van der Waals surface area contributed by atoms with Gasteiger partial charge in [-0.25, -0.2) is 13.2 Å². The average Bonchev–Trinajstić information content (AvgIpc) is 3.63. The summed E-state index contributed by atoms with van der Waals surface area (Å²) in [5.74, 6) is -4.27. The topological polar surface area (TPSA) is 191 Å². The Kier molecular flexibility index (Phi) is 11.9. The Bertz CT molecular complexity index is 1730. The molecule has 2 aromatic carbocycles. The molecular weight excluding hydrogens is 680 g/mol. The third kappa shape index (κ3) is 9.29. The SMILES string of the molecule is C/C=C/C(=O)Nc1ccc(S(=O)(=O)N2CC[C@H](NC(=O)c3[nH]ncc3NC(=O)c3c(Cl)cccc3Cl)C2)cc1.O=C(O)C(F)(F)F. The van der Waals surface area contributed by atoms with Gasteiger partial charge in [0.05, 0.1) is 32.4 Å². The van der Waals surface area contributed by atoms with Crippen LogP contribution in [0.25, 0.3) is 0 Å². The zero-order valence-electron chi connectivity index (χ0n) is 23.6. The van der Waals surface area contributed by atoms with Crippen LogP contribution < -0.4 is 16.0 Å². The number of aliphatic carboxylic acids is 1. The first-order chi connectivity index (χ1) is 21.5. The van der Waals surface area contributed by atoms with E-state index in [9.17, 15) is 36.0 Å². The van der Waals surface area contributed by atoms with Crippen LogP contribution in [0.3, 0.4) is 0 Å². The standard InChI is InChI=1S/C25H24Cl2N6O5S.C2HF3O2/c1-2-4-21(34)29-15-7-9-17(10-8-15)39(37,38)33-12-11-16(14-33)30-25(36)23-20(13-28-32-23)31-24(35)22-18(26)5-3-6-19(22)27;3-2(4,5)1(6)7/h2-10,13,16H,11-12,14H2,1H3,(H,28,32)(H,29,34)(H,30,36)(H,31,35);(H,6,7)/b4-2+;/t16-;/m0./s1. The molecule has 0 spiro atoms. The number of nitrogens with one attached hydrogen (secondary N) is 4. The zero-order chi connectivity index (χ0) is 34.2. The third-order valence-corrected chi connectivity index (χ3v) is 8.62. The van der Waals surface area contributed by atoms with Gasteiger partial charge >= 0.3 is 12.1 Å². The van der Waals surface area contributed by atoms with E-state index in [-0.39, 0.29) is 50.9 Å². The van der Waals surface area contributed by atoms with E-state index in [4.69, 9.17) is 33.1 Å². The molecule has 1 aliphatic rings. The van der Waals surface area contributed by atoms with Gasteiger partial charge in [0.2, 0.25) is 15.9 Å². The molecular formula is C27H25Cl2F3N6O7S. The molecule has 0 radical (unpaired) electrons. The van der Waals surface area contributed by atoms with Gasteiger partial charge in [-0.3, -0.25) is 19.5 Å². The number of H-pyrrole nitrogens is 1. The lowest BCUT2D eigenvalue weighted by Gasteiger charge is -2.17. The van der Waals surface area contributed by atoms with E-state index in [1.165, 1.54) is 53.0 Å². The highest BCUT2D eigenvalue weighted by atomic mass is 35.5. The van der Waals surface area contributed by atoms with Crippen molar-refractivity contribution in [3.63, 3.8) is 0 Å². The summed E-state index contributed by atoms with van der Waals surface area (Å²) in [6, 6.07) is 10.0. The number of sulfonamides is 1. The molecule has 0 aliphatic carbocycles. The Morgan fingerprint density at radius 2 is 1.65 bits per heavy atom. The van der Waals surface area contributed by atoms with E-state index in [2.05, 4.69) is 26.1 Å². The summed E-state index contributed by atoms with van der Waals surface area (Å²) < 4.78 is 59.3. The summed E-state index contributed by atoms with van der Waals surface area (Å²) in [5.41, 5.74) is 0.613. The largest absolute Gasteiger partial charge is 0.490 e. The number of nitrogens with zero attached hydrogens (tertiary/aromatic N) is 2. The molecule has 246 valence electrons. The highest BCUT2D eigenvalue weighted by molar-refractivity contribution is 7.89. The maximum atomic E-state index is 13.1. The van der Waals surface area contributed by atoms with E-state index in [1.807, 2.05) is 0 Å². The Balaban J connectivity index is 0.000000738. The van der Waals surface area contributed by atoms with Crippen LogP contribution in [0.4, 0.5) is 24.5 Å². The smallest absolute Gasteiger partial charge is 0.475 e. The lowest BCUT2D eigenvalue weighted by molar-refractivity contribution is -0.192. The first kappa shape index (κ1) is 36.0. The number of carboxylic acids is 1. The van der Waals surface area contributed by atoms with Crippen LogP contribution in [0.15, 0.2) is 65.7 Å². The number of anilines is 2. The molecule has 1 aromatic heterocycles. The summed E-state index contributed by atoms with van der Waals surface area (Å²) in [6.07, 6.45) is -0.476. The van der Waals surface area contributed by atoms with Gasteiger partial charge in [-0.15, -0.1) is 0 Å². The number of aromatic amines is 1. The number of benzene rings is 2. The van der Waals surface area contributed by atoms with Crippen LogP contribution in [0, 0.1) is 0 Å². The van der Waals surface area contributed by atoms with Crippen molar-refractivity contribution in [2.24, 2.45) is 0 Å². The number of halogens is 5. The van der Waals surface area contributed by atoms with Crippen molar-refractivity contribution in [2.45, 2.75) is 30.5 Å². The summed E-state index contributed by atoms with van der Waals surface area (Å²) in [6.45, 7) is 1.97. The van der Waals surface area contributed by atoms with Gasteiger partial charge < -0.3 is 21.1 Å². The van der Waals surface area contributed by atoms with Crippen molar-refractivity contribution in [1.82, 2.24) is 19.8 Å². The molecule has 2 heterocycles. The average molecular weight is 705 g/mol. The van der Waals surface area contributed by atoms with E-state index in [1.54, 1.807) is 19.1 Å². The number of hydrogen-bond donors (Lipinski definition) is 5. The normalized spacial score (nSPS) is 15.1. The molecule has 4 rings (SSSR count). The highest BCUT2D eigenvalue weighted by Gasteiger charge is 2.38. The quantitative estimate of drug-likeness (QED) is 0.214. The van der Waals surface area contributed by atoms with E-state index >= 15 is 0 Å². The van der Waals surface area contributed by atoms with Gasteiger partial charge in [0.1, 0.15) is 5.69 Å². The van der Waals surface area contributed by atoms with Gasteiger partial charge in [0, 0.05) is 24.8 Å². The summed E-state index contributed by atoms with van der Waals surface area (Å²) in [7, 11) is -3.83. The van der Waals surface area contributed by atoms with E-state index in [0.717, 1.165) is 0 Å². The van der Waals surface area contributed by atoms with Crippen LogP contribution in [0.2, 0.25) is 10.0 Å². The van der Waals surface area contributed by atoms with Gasteiger partial charge in [0.25, 0.3) is 11.8 Å². The highest BCUT2D eigenvalue weighted by Crippen LogP contribution is 2.26. The first-order valence-corrected chi connectivity index (χ1v) is 15.2. The maximum Gasteiger partial charge on any atom is 0.490 e. The predicted octanol–water partition coefficient (Wildman–Crippen LogP) is 4.31. The monoisotopic (exact) mass is 704 g/mol. The second kappa shape index (κ2) is 15.2. The van der Waals surface area contributed by atoms with Crippen LogP contribution in [0.1, 0.15) is 34.2 Å². The second-order valence-corrected chi connectivity index (χ2v) is 12.1. The molecule has 5 N–H and O–H groups in total. The minimum absolute atomic E-state index is 0.0108. The number of carbonyl (C=O) groups is 4. The van der Waals surface area contributed by atoms with Gasteiger partial charge in [-0.05, 0) is 55.8 Å². The minimum atomic E-state index is -5.08. The van der Waals surface area contributed by atoms with Gasteiger partial charge in [-0.2, -0.15) is 22.6 Å². The fraction of sp³-hybridized carbons (Fsp3) is 0.222. The predicted molar refractivity (Wildman–Crippen MR) is 161 cm³/mol. The summed E-state index contributed by atoms with van der Waals surface area (Å²) in [4.78, 5) is 46.3. The molecule has 46 heavy (non-hydrogen) atoms. The van der Waals surface area contributed by atoms with Crippen LogP contribution in [-0.4, -0.2) is 77.0 Å². The molecule has 3 aromatic rings. The number of allylic oxidation sites excluding steroid dienone is 1. The number of carboxylic acid groups (broad SMARTS) is 1.